The van der Waals surface area contributed by atoms with E-state index in [9.17, 15) is 9.59 Å². The summed E-state index contributed by atoms with van der Waals surface area (Å²) in [6.07, 6.45) is 0. The number of fused-ring (bicyclic) bond motifs is 1. The predicted octanol–water partition coefficient (Wildman–Crippen LogP) is 2.71. The van der Waals surface area contributed by atoms with Crippen LogP contribution in [0.5, 0.6) is 0 Å². The average Bonchev–Trinajstić information content (AvgIpc) is 2.37. The Kier molecular flexibility index (Phi) is 3.28. The zero-order chi connectivity index (χ0) is 13.1. The number of esters is 1. The molecule has 0 aliphatic rings. The van der Waals surface area contributed by atoms with Crippen LogP contribution >= 0.6 is 0 Å². The molecule has 18 heavy (non-hydrogen) atoms. The molecule has 1 N–H and O–H groups in total. The summed E-state index contributed by atoms with van der Waals surface area (Å²) in [5.74, 6) is -1.45. The van der Waals surface area contributed by atoms with Gasteiger partial charge in [-0.25, -0.2) is 9.59 Å². The van der Waals surface area contributed by atoms with Crippen LogP contribution in [0, 0.1) is 0 Å². The normalized spacial score (nSPS) is 10.3. The fourth-order valence-corrected chi connectivity index (χ4v) is 1.87. The quantitative estimate of drug-likeness (QED) is 0.843. The summed E-state index contributed by atoms with van der Waals surface area (Å²) in [6, 6.07) is 9.82. The molecule has 0 aliphatic heterocycles. The second kappa shape index (κ2) is 4.87. The first-order valence-electron chi connectivity index (χ1n) is 5.57. The number of carboxylic acid groups (broad SMARTS) is 1. The Bertz CT molecular complexity index is 616. The Morgan fingerprint density at radius 1 is 1.06 bits per heavy atom. The highest BCUT2D eigenvalue weighted by Gasteiger charge is 2.15. The lowest BCUT2D eigenvalue weighted by molar-refractivity contribution is 0.0527. The van der Waals surface area contributed by atoms with Gasteiger partial charge in [0.15, 0.2) is 0 Å². The zero-order valence-electron chi connectivity index (χ0n) is 9.84. The summed E-state index contributed by atoms with van der Waals surface area (Å²) in [5, 5.41) is 10.2. The van der Waals surface area contributed by atoms with Gasteiger partial charge in [0.25, 0.3) is 0 Å². The predicted molar refractivity (Wildman–Crippen MR) is 66.9 cm³/mol. The second-order valence-corrected chi connectivity index (χ2v) is 3.73. The maximum absolute atomic E-state index is 11.8. The summed E-state index contributed by atoms with van der Waals surface area (Å²) in [6.45, 7) is 2.01. The number of carbonyl (C=O) groups excluding carboxylic acids is 1. The van der Waals surface area contributed by atoms with Crippen LogP contribution < -0.4 is 0 Å². The largest absolute Gasteiger partial charge is 0.478 e. The van der Waals surface area contributed by atoms with Crippen molar-refractivity contribution >= 4 is 22.7 Å². The molecule has 4 nitrogen and oxygen atoms in total. The molecule has 0 saturated heterocycles. The number of carboxylic acids is 1. The Hall–Kier alpha value is -2.36. The Balaban J connectivity index is 2.68. The fourth-order valence-electron chi connectivity index (χ4n) is 1.87. The Morgan fingerprint density at radius 2 is 1.61 bits per heavy atom. The van der Waals surface area contributed by atoms with Crippen molar-refractivity contribution in [2.24, 2.45) is 0 Å². The maximum atomic E-state index is 11.8. The minimum Gasteiger partial charge on any atom is -0.478 e. The van der Waals surface area contributed by atoms with Gasteiger partial charge in [0.2, 0.25) is 0 Å². The van der Waals surface area contributed by atoms with Gasteiger partial charge >= 0.3 is 11.9 Å². The van der Waals surface area contributed by atoms with Crippen molar-refractivity contribution in [3.05, 3.63) is 47.5 Å². The van der Waals surface area contributed by atoms with Crippen LogP contribution in [0.15, 0.2) is 36.4 Å². The van der Waals surface area contributed by atoms with Crippen molar-refractivity contribution < 1.29 is 19.4 Å². The first-order valence-corrected chi connectivity index (χ1v) is 5.57. The van der Waals surface area contributed by atoms with Crippen molar-refractivity contribution in [2.75, 3.05) is 6.61 Å². The molecular weight excluding hydrogens is 232 g/mol. The van der Waals surface area contributed by atoms with E-state index in [0.29, 0.717) is 16.3 Å². The van der Waals surface area contributed by atoms with Gasteiger partial charge in [-0.3, -0.25) is 0 Å². The summed E-state index contributed by atoms with van der Waals surface area (Å²) in [5.41, 5.74) is 0.566. The van der Waals surface area contributed by atoms with Gasteiger partial charge in [0, 0.05) is 0 Å². The summed E-state index contributed by atoms with van der Waals surface area (Å²) in [7, 11) is 0. The molecule has 92 valence electrons. The standard InChI is InChI=1S/C14H12O4/c1-2-18-14(17)12-8-7-11(13(15)16)9-5-3-4-6-10(9)12/h3-8H,2H2,1H3,(H,15,16). The molecule has 0 heterocycles. The van der Waals surface area contributed by atoms with Crippen LogP contribution in [0.1, 0.15) is 27.6 Å². The van der Waals surface area contributed by atoms with E-state index in [1.165, 1.54) is 12.1 Å². The third-order valence-electron chi connectivity index (χ3n) is 2.65. The van der Waals surface area contributed by atoms with Crippen molar-refractivity contribution in [1.82, 2.24) is 0 Å². The Labute approximate surface area is 104 Å². The van der Waals surface area contributed by atoms with E-state index in [-0.39, 0.29) is 12.2 Å². The number of ether oxygens (including phenoxy) is 1. The van der Waals surface area contributed by atoms with Gasteiger partial charge < -0.3 is 9.84 Å². The highest BCUT2D eigenvalue weighted by molar-refractivity contribution is 6.11. The SMILES string of the molecule is CCOC(=O)c1ccc(C(=O)O)c2ccccc12. The lowest BCUT2D eigenvalue weighted by Gasteiger charge is -2.08. The first-order chi connectivity index (χ1) is 8.65. The fraction of sp³-hybridized carbons (Fsp3) is 0.143. The molecule has 4 heteroatoms. The third kappa shape index (κ3) is 2.05. The minimum absolute atomic E-state index is 0.179. The molecule has 0 spiro atoms. The second-order valence-electron chi connectivity index (χ2n) is 3.73. The van der Waals surface area contributed by atoms with Crippen LogP contribution in [-0.2, 0) is 4.74 Å². The maximum Gasteiger partial charge on any atom is 0.338 e. The molecule has 2 rings (SSSR count). The van der Waals surface area contributed by atoms with Gasteiger partial charge in [-0.05, 0) is 29.8 Å². The zero-order valence-corrected chi connectivity index (χ0v) is 9.84. The molecule has 0 aromatic heterocycles. The monoisotopic (exact) mass is 244 g/mol. The molecule has 0 radical (unpaired) electrons. The average molecular weight is 244 g/mol. The van der Waals surface area contributed by atoms with E-state index in [4.69, 9.17) is 9.84 Å². The molecule has 0 amide bonds. The lowest BCUT2D eigenvalue weighted by Crippen LogP contribution is -2.07. The van der Waals surface area contributed by atoms with Crippen LogP contribution in [0.2, 0.25) is 0 Å². The number of hydrogen-bond donors (Lipinski definition) is 1. The van der Waals surface area contributed by atoms with Gasteiger partial charge in [0.1, 0.15) is 0 Å². The highest BCUT2D eigenvalue weighted by atomic mass is 16.5. The van der Waals surface area contributed by atoms with Crippen molar-refractivity contribution in [3.63, 3.8) is 0 Å². The number of benzene rings is 2. The topological polar surface area (TPSA) is 63.6 Å². The summed E-state index contributed by atoms with van der Waals surface area (Å²) < 4.78 is 4.95. The molecule has 0 aliphatic carbocycles. The van der Waals surface area contributed by atoms with E-state index < -0.39 is 11.9 Å². The van der Waals surface area contributed by atoms with Crippen LogP contribution in [0.3, 0.4) is 0 Å². The van der Waals surface area contributed by atoms with Crippen LogP contribution in [0.4, 0.5) is 0 Å². The number of carbonyl (C=O) groups is 2. The molecule has 0 bridgehead atoms. The van der Waals surface area contributed by atoms with Gasteiger partial charge in [0.05, 0.1) is 17.7 Å². The van der Waals surface area contributed by atoms with Gasteiger partial charge in [-0.15, -0.1) is 0 Å². The van der Waals surface area contributed by atoms with Crippen LogP contribution in [-0.4, -0.2) is 23.7 Å². The first kappa shape index (κ1) is 12.1. The lowest BCUT2D eigenvalue weighted by atomic mass is 9.99. The van der Waals surface area contributed by atoms with Crippen molar-refractivity contribution in [1.29, 1.82) is 0 Å². The molecule has 0 saturated carbocycles. The molecule has 0 atom stereocenters. The Morgan fingerprint density at radius 3 is 2.17 bits per heavy atom. The molecule has 2 aromatic carbocycles. The van der Waals surface area contributed by atoms with Gasteiger partial charge in [-0.1, -0.05) is 24.3 Å². The van der Waals surface area contributed by atoms with E-state index in [1.54, 1.807) is 31.2 Å². The van der Waals surface area contributed by atoms with Crippen molar-refractivity contribution in [2.45, 2.75) is 6.92 Å². The number of aromatic carboxylic acids is 1. The summed E-state index contributed by atoms with van der Waals surface area (Å²) >= 11 is 0. The van der Waals surface area contributed by atoms with Crippen LogP contribution in [0.25, 0.3) is 10.8 Å². The molecule has 0 unspecified atom stereocenters. The third-order valence-corrected chi connectivity index (χ3v) is 2.65. The highest BCUT2D eigenvalue weighted by Crippen LogP contribution is 2.23. The smallest absolute Gasteiger partial charge is 0.338 e. The van der Waals surface area contributed by atoms with E-state index in [0.717, 1.165) is 0 Å². The van der Waals surface area contributed by atoms with E-state index >= 15 is 0 Å². The summed E-state index contributed by atoms with van der Waals surface area (Å²) in [4.78, 5) is 22.9. The minimum atomic E-state index is -1.01. The number of rotatable bonds is 3. The van der Waals surface area contributed by atoms with Gasteiger partial charge in [-0.2, -0.15) is 0 Å². The molecule has 2 aromatic rings. The molecular formula is C14H12O4. The molecule has 0 fully saturated rings. The van der Waals surface area contributed by atoms with E-state index in [2.05, 4.69) is 0 Å². The van der Waals surface area contributed by atoms with E-state index in [1.807, 2.05) is 0 Å². The number of hydrogen-bond acceptors (Lipinski definition) is 3. The van der Waals surface area contributed by atoms with Crippen molar-refractivity contribution in [3.8, 4) is 0 Å².